The van der Waals surface area contributed by atoms with E-state index in [1.807, 2.05) is 52.8 Å². The Kier molecular flexibility index (Phi) is 8.25. The molecule has 30 heavy (non-hydrogen) atoms. The van der Waals surface area contributed by atoms with Crippen molar-refractivity contribution in [2.24, 2.45) is 0 Å². The van der Waals surface area contributed by atoms with Gasteiger partial charge < -0.3 is 16.0 Å². The van der Waals surface area contributed by atoms with Gasteiger partial charge in [0.25, 0.3) is 0 Å². The molecule has 8 heteroatoms. The van der Waals surface area contributed by atoms with Crippen LogP contribution in [0.15, 0.2) is 41.3 Å². The molecule has 2 aromatic rings. The van der Waals surface area contributed by atoms with Crippen LogP contribution in [0.25, 0.3) is 0 Å². The van der Waals surface area contributed by atoms with Gasteiger partial charge in [-0.05, 0) is 56.2 Å². The first kappa shape index (κ1) is 23.7. The van der Waals surface area contributed by atoms with Gasteiger partial charge in [-0.2, -0.15) is 4.31 Å². The van der Waals surface area contributed by atoms with Gasteiger partial charge in [-0.1, -0.05) is 26.0 Å². The number of sulfonamides is 1. The van der Waals surface area contributed by atoms with Gasteiger partial charge in [0.15, 0.2) is 0 Å². The summed E-state index contributed by atoms with van der Waals surface area (Å²) in [6.07, 6.45) is 0. The second-order valence-electron chi connectivity index (χ2n) is 7.05. The normalized spacial score (nSPS) is 11.4. The number of carbonyl (C=O) groups is 1. The van der Waals surface area contributed by atoms with E-state index in [-0.39, 0.29) is 17.3 Å². The van der Waals surface area contributed by atoms with Gasteiger partial charge in [-0.3, -0.25) is 4.79 Å². The molecule has 0 atom stereocenters. The Bertz CT molecular complexity index is 986. The average Bonchev–Trinajstić information content (AvgIpc) is 2.70. The minimum Gasteiger partial charge on any atom is -0.384 e. The van der Waals surface area contributed by atoms with E-state index in [0.29, 0.717) is 25.3 Å². The summed E-state index contributed by atoms with van der Waals surface area (Å²) >= 11 is 0. The molecule has 0 unspecified atom stereocenters. The average molecular weight is 433 g/mol. The van der Waals surface area contributed by atoms with Crippen molar-refractivity contribution in [3.8, 4) is 0 Å². The summed E-state index contributed by atoms with van der Waals surface area (Å²) in [5, 5.41) is 9.19. The number of aryl methyl sites for hydroxylation is 2. The number of hydrogen-bond donors (Lipinski definition) is 3. The molecule has 0 bridgehead atoms. The van der Waals surface area contributed by atoms with Gasteiger partial charge >= 0.3 is 0 Å². The first-order valence-electron chi connectivity index (χ1n) is 10.2. The van der Waals surface area contributed by atoms with Crippen LogP contribution < -0.4 is 16.0 Å². The van der Waals surface area contributed by atoms with Crippen LogP contribution in [0, 0.1) is 13.8 Å². The van der Waals surface area contributed by atoms with E-state index in [1.54, 1.807) is 18.2 Å². The zero-order valence-electron chi connectivity index (χ0n) is 18.4. The molecule has 164 valence electrons. The fourth-order valence-electron chi connectivity index (χ4n) is 3.13. The molecule has 0 aliphatic rings. The molecule has 2 aromatic carbocycles. The fourth-order valence-corrected chi connectivity index (χ4v) is 4.61. The van der Waals surface area contributed by atoms with Crippen LogP contribution in [-0.2, 0) is 14.8 Å². The molecule has 1 amide bonds. The van der Waals surface area contributed by atoms with Gasteiger partial charge in [0.05, 0.1) is 22.8 Å². The van der Waals surface area contributed by atoms with Crippen molar-refractivity contribution < 1.29 is 13.2 Å². The quantitative estimate of drug-likeness (QED) is 0.531. The third-order valence-corrected chi connectivity index (χ3v) is 6.85. The van der Waals surface area contributed by atoms with Crippen LogP contribution in [0.4, 0.5) is 17.1 Å². The number of anilines is 3. The molecule has 2 rings (SSSR count). The molecule has 0 radical (unpaired) electrons. The van der Waals surface area contributed by atoms with Crippen LogP contribution in [-0.4, -0.2) is 44.8 Å². The Morgan fingerprint density at radius 1 is 0.900 bits per heavy atom. The number of rotatable bonds is 10. The lowest BCUT2D eigenvalue weighted by Gasteiger charge is -2.20. The van der Waals surface area contributed by atoms with Crippen LogP contribution in [0.3, 0.4) is 0 Å². The second-order valence-corrected chi connectivity index (χ2v) is 8.99. The SMILES string of the molecule is CCNc1ccc(S(=O)(=O)N(CC)CC)cc1NCC(=O)Nc1cc(C)ccc1C. The highest BCUT2D eigenvalue weighted by Crippen LogP contribution is 2.27. The smallest absolute Gasteiger partial charge is 0.243 e. The van der Waals surface area contributed by atoms with Crippen LogP contribution in [0.1, 0.15) is 31.9 Å². The summed E-state index contributed by atoms with van der Waals surface area (Å²) in [5.74, 6) is -0.205. The summed E-state index contributed by atoms with van der Waals surface area (Å²) in [7, 11) is -3.59. The number of nitrogens with one attached hydrogen (secondary N) is 3. The second kappa shape index (κ2) is 10.4. The van der Waals surface area contributed by atoms with Crippen molar-refractivity contribution in [1.82, 2.24) is 4.31 Å². The molecular formula is C22H32N4O3S. The molecule has 0 fully saturated rings. The van der Waals surface area contributed by atoms with Crippen molar-refractivity contribution in [2.45, 2.75) is 39.5 Å². The summed E-state index contributed by atoms with van der Waals surface area (Å²) in [6, 6.07) is 10.8. The number of benzene rings is 2. The predicted molar refractivity (Wildman–Crippen MR) is 124 cm³/mol. The van der Waals surface area contributed by atoms with Crippen molar-refractivity contribution in [1.29, 1.82) is 0 Å². The third kappa shape index (κ3) is 5.73. The van der Waals surface area contributed by atoms with Crippen molar-refractivity contribution in [2.75, 3.05) is 42.1 Å². The number of carbonyl (C=O) groups excluding carboxylic acids is 1. The lowest BCUT2D eigenvalue weighted by Crippen LogP contribution is -2.30. The molecule has 0 saturated carbocycles. The third-order valence-electron chi connectivity index (χ3n) is 4.81. The topological polar surface area (TPSA) is 90.5 Å². The molecule has 7 nitrogen and oxygen atoms in total. The minimum atomic E-state index is -3.59. The summed E-state index contributed by atoms with van der Waals surface area (Å²) in [6.45, 7) is 11.0. The number of amides is 1. The van der Waals surface area contributed by atoms with E-state index in [0.717, 1.165) is 22.5 Å². The number of hydrogen-bond acceptors (Lipinski definition) is 5. The maximum Gasteiger partial charge on any atom is 0.243 e. The molecule has 0 saturated heterocycles. The summed E-state index contributed by atoms with van der Waals surface area (Å²) < 4.78 is 27.1. The highest BCUT2D eigenvalue weighted by atomic mass is 32.2. The van der Waals surface area contributed by atoms with Crippen LogP contribution >= 0.6 is 0 Å². The lowest BCUT2D eigenvalue weighted by molar-refractivity contribution is -0.114. The largest absolute Gasteiger partial charge is 0.384 e. The van der Waals surface area contributed by atoms with Crippen molar-refractivity contribution in [3.63, 3.8) is 0 Å². The van der Waals surface area contributed by atoms with E-state index in [2.05, 4.69) is 16.0 Å². The molecule has 0 heterocycles. The van der Waals surface area contributed by atoms with Gasteiger partial charge in [0, 0.05) is 25.3 Å². The van der Waals surface area contributed by atoms with E-state index in [4.69, 9.17) is 0 Å². The Hall–Kier alpha value is -2.58. The monoisotopic (exact) mass is 432 g/mol. The van der Waals surface area contributed by atoms with E-state index in [9.17, 15) is 13.2 Å². The first-order valence-corrected chi connectivity index (χ1v) is 11.7. The minimum absolute atomic E-state index is 0.0144. The van der Waals surface area contributed by atoms with E-state index in [1.165, 1.54) is 4.31 Å². The molecule has 0 spiro atoms. The zero-order chi connectivity index (χ0) is 22.3. The lowest BCUT2D eigenvalue weighted by atomic mass is 10.1. The van der Waals surface area contributed by atoms with Crippen LogP contribution in [0.5, 0.6) is 0 Å². The molecule has 0 aliphatic carbocycles. The van der Waals surface area contributed by atoms with Gasteiger partial charge in [0.1, 0.15) is 0 Å². The maximum absolute atomic E-state index is 12.9. The molecule has 3 N–H and O–H groups in total. The predicted octanol–water partition coefficient (Wildman–Crippen LogP) is 3.82. The maximum atomic E-state index is 12.9. The van der Waals surface area contributed by atoms with Gasteiger partial charge in [-0.25, -0.2) is 8.42 Å². The Morgan fingerprint density at radius 2 is 1.60 bits per heavy atom. The molecular weight excluding hydrogens is 400 g/mol. The number of nitrogens with zero attached hydrogens (tertiary/aromatic N) is 1. The van der Waals surface area contributed by atoms with Gasteiger partial charge in [0.2, 0.25) is 15.9 Å². The van der Waals surface area contributed by atoms with Crippen molar-refractivity contribution >= 4 is 33.0 Å². The fraction of sp³-hybridized carbons (Fsp3) is 0.409. The summed E-state index contributed by atoms with van der Waals surface area (Å²) in [5.41, 5.74) is 4.13. The van der Waals surface area contributed by atoms with Gasteiger partial charge in [-0.15, -0.1) is 0 Å². The van der Waals surface area contributed by atoms with Crippen LogP contribution in [0.2, 0.25) is 0 Å². The van der Waals surface area contributed by atoms with E-state index >= 15 is 0 Å². The Balaban J connectivity index is 2.22. The standard InChI is InChI=1S/C22H32N4O3S/c1-6-23-19-12-11-18(30(28,29)26(7-2)8-3)14-21(19)24-15-22(27)25-20-13-16(4)9-10-17(20)5/h9-14,23-24H,6-8,15H2,1-5H3,(H,25,27). The first-order chi connectivity index (χ1) is 14.2. The van der Waals surface area contributed by atoms with E-state index < -0.39 is 10.0 Å². The Morgan fingerprint density at radius 3 is 2.23 bits per heavy atom. The van der Waals surface area contributed by atoms with Crippen molar-refractivity contribution in [3.05, 3.63) is 47.5 Å². The highest BCUT2D eigenvalue weighted by Gasteiger charge is 2.22. The zero-order valence-corrected chi connectivity index (χ0v) is 19.2. The molecule has 0 aromatic heterocycles. The molecule has 0 aliphatic heterocycles. The summed E-state index contributed by atoms with van der Waals surface area (Å²) in [4.78, 5) is 12.7. The highest BCUT2D eigenvalue weighted by molar-refractivity contribution is 7.89. The Labute approximate surface area is 179 Å².